The largest absolute Gasteiger partial charge is 0.475 e. The topological polar surface area (TPSA) is 44.2 Å². The van der Waals surface area contributed by atoms with Crippen molar-refractivity contribution in [1.29, 1.82) is 0 Å². The molecule has 4 heteroatoms. The van der Waals surface area contributed by atoms with Crippen molar-refractivity contribution in [3.05, 3.63) is 30.7 Å². The molecule has 0 spiro atoms. The summed E-state index contributed by atoms with van der Waals surface area (Å²) in [7, 11) is 1.64. The molecule has 0 saturated heterocycles. The molecule has 0 fully saturated rings. The third kappa shape index (κ3) is 2.22. The normalized spacial score (nSPS) is 10.5. The van der Waals surface area contributed by atoms with E-state index in [-0.39, 0.29) is 0 Å². The molecule has 2 aromatic heterocycles. The predicted molar refractivity (Wildman–Crippen MR) is 56.9 cm³/mol. The van der Waals surface area contributed by atoms with Gasteiger partial charge in [0.2, 0.25) is 5.88 Å². The van der Waals surface area contributed by atoms with Crippen molar-refractivity contribution in [2.75, 3.05) is 20.3 Å². The van der Waals surface area contributed by atoms with E-state index in [1.54, 1.807) is 25.7 Å². The first-order chi connectivity index (χ1) is 7.42. The molecule has 0 aliphatic heterocycles. The van der Waals surface area contributed by atoms with Crippen LogP contribution in [0.5, 0.6) is 5.88 Å². The van der Waals surface area contributed by atoms with Crippen LogP contribution in [0.4, 0.5) is 0 Å². The van der Waals surface area contributed by atoms with Gasteiger partial charge in [0.15, 0.2) is 0 Å². The van der Waals surface area contributed by atoms with E-state index in [1.807, 2.05) is 12.1 Å². The van der Waals surface area contributed by atoms with Gasteiger partial charge in [0, 0.05) is 36.5 Å². The number of aromatic nitrogens is 2. The van der Waals surface area contributed by atoms with E-state index in [1.165, 1.54) is 0 Å². The molecular weight excluding hydrogens is 192 g/mol. The van der Waals surface area contributed by atoms with Gasteiger partial charge in [-0.25, -0.2) is 4.98 Å². The van der Waals surface area contributed by atoms with Crippen LogP contribution in [0.2, 0.25) is 0 Å². The molecular formula is C11H12N2O2. The second kappa shape index (κ2) is 4.70. The highest BCUT2D eigenvalue weighted by molar-refractivity contribution is 5.85. The zero-order valence-electron chi connectivity index (χ0n) is 8.51. The molecule has 0 saturated carbocycles. The van der Waals surface area contributed by atoms with E-state index < -0.39 is 0 Å². The van der Waals surface area contributed by atoms with Gasteiger partial charge in [-0.2, -0.15) is 0 Å². The van der Waals surface area contributed by atoms with Crippen molar-refractivity contribution >= 4 is 10.8 Å². The van der Waals surface area contributed by atoms with Gasteiger partial charge in [-0.15, -0.1) is 0 Å². The number of hydrogen-bond acceptors (Lipinski definition) is 4. The van der Waals surface area contributed by atoms with Gasteiger partial charge in [0.1, 0.15) is 6.61 Å². The number of nitrogens with zero attached hydrogens (tertiary/aromatic N) is 2. The Bertz CT molecular complexity index is 440. The average molecular weight is 204 g/mol. The van der Waals surface area contributed by atoms with E-state index in [9.17, 15) is 0 Å². The van der Waals surface area contributed by atoms with Crippen LogP contribution in [0.15, 0.2) is 30.7 Å². The van der Waals surface area contributed by atoms with Gasteiger partial charge in [-0.3, -0.25) is 4.98 Å². The Hall–Kier alpha value is -1.68. The van der Waals surface area contributed by atoms with Gasteiger partial charge in [0.25, 0.3) is 0 Å². The summed E-state index contributed by atoms with van der Waals surface area (Å²) >= 11 is 0. The van der Waals surface area contributed by atoms with Crippen LogP contribution in [0.3, 0.4) is 0 Å². The monoisotopic (exact) mass is 204 g/mol. The molecule has 78 valence electrons. The van der Waals surface area contributed by atoms with E-state index >= 15 is 0 Å². The second-order valence-corrected chi connectivity index (χ2v) is 3.05. The molecule has 0 bridgehead atoms. The van der Waals surface area contributed by atoms with Crippen LogP contribution in [0.1, 0.15) is 0 Å². The van der Waals surface area contributed by atoms with E-state index in [2.05, 4.69) is 9.97 Å². The van der Waals surface area contributed by atoms with Gasteiger partial charge >= 0.3 is 0 Å². The second-order valence-electron chi connectivity index (χ2n) is 3.05. The molecule has 0 atom stereocenters. The number of pyridine rings is 2. The molecule has 2 aromatic rings. The highest BCUT2D eigenvalue weighted by Crippen LogP contribution is 2.21. The molecule has 0 N–H and O–H groups in total. The number of hydrogen-bond donors (Lipinski definition) is 0. The zero-order valence-corrected chi connectivity index (χ0v) is 8.51. The summed E-state index contributed by atoms with van der Waals surface area (Å²) < 4.78 is 10.4. The molecule has 4 nitrogen and oxygen atoms in total. The molecule has 2 rings (SSSR count). The average Bonchev–Trinajstić information content (AvgIpc) is 2.30. The van der Waals surface area contributed by atoms with Gasteiger partial charge in [-0.05, 0) is 12.1 Å². The summed E-state index contributed by atoms with van der Waals surface area (Å²) in [5.74, 6) is 0.631. The Balaban J connectivity index is 2.26. The van der Waals surface area contributed by atoms with Crippen LogP contribution in [0.25, 0.3) is 10.8 Å². The van der Waals surface area contributed by atoms with Crippen LogP contribution in [-0.2, 0) is 4.74 Å². The first-order valence-electron chi connectivity index (χ1n) is 4.72. The molecule has 0 aliphatic carbocycles. The minimum Gasteiger partial charge on any atom is -0.475 e. The van der Waals surface area contributed by atoms with Crippen LogP contribution >= 0.6 is 0 Å². The Morgan fingerprint density at radius 2 is 2.13 bits per heavy atom. The molecule has 2 heterocycles. The number of methoxy groups -OCH3 is 1. The van der Waals surface area contributed by atoms with Crippen molar-refractivity contribution in [1.82, 2.24) is 9.97 Å². The quantitative estimate of drug-likeness (QED) is 0.710. The molecule has 0 aromatic carbocycles. The van der Waals surface area contributed by atoms with Crippen molar-refractivity contribution in [2.45, 2.75) is 0 Å². The Kier molecular flexibility index (Phi) is 3.09. The lowest BCUT2D eigenvalue weighted by molar-refractivity contribution is 0.144. The SMILES string of the molecule is COCCOc1nccc2cnccc12. The lowest BCUT2D eigenvalue weighted by atomic mass is 10.2. The number of ether oxygens (including phenoxy) is 2. The first kappa shape index (κ1) is 9.86. The lowest BCUT2D eigenvalue weighted by Crippen LogP contribution is -2.05. The van der Waals surface area contributed by atoms with Crippen LogP contribution in [-0.4, -0.2) is 30.3 Å². The number of rotatable bonds is 4. The summed E-state index contributed by atoms with van der Waals surface area (Å²) in [5, 5.41) is 2.00. The zero-order chi connectivity index (χ0) is 10.5. The Labute approximate surface area is 87.9 Å². The Morgan fingerprint density at radius 3 is 3.00 bits per heavy atom. The smallest absolute Gasteiger partial charge is 0.221 e. The van der Waals surface area contributed by atoms with E-state index in [4.69, 9.17) is 9.47 Å². The van der Waals surface area contributed by atoms with Crippen molar-refractivity contribution in [3.8, 4) is 5.88 Å². The highest BCUT2D eigenvalue weighted by Gasteiger charge is 2.02. The van der Waals surface area contributed by atoms with Crippen molar-refractivity contribution in [2.24, 2.45) is 0 Å². The van der Waals surface area contributed by atoms with Crippen LogP contribution in [0, 0.1) is 0 Å². The highest BCUT2D eigenvalue weighted by atomic mass is 16.5. The van der Waals surface area contributed by atoms with E-state index in [0.29, 0.717) is 19.1 Å². The fraction of sp³-hybridized carbons (Fsp3) is 0.273. The maximum absolute atomic E-state index is 5.50. The molecule has 0 aliphatic rings. The van der Waals surface area contributed by atoms with E-state index in [0.717, 1.165) is 10.8 Å². The van der Waals surface area contributed by atoms with Gasteiger partial charge < -0.3 is 9.47 Å². The molecule has 0 unspecified atom stereocenters. The lowest BCUT2D eigenvalue weighted by Gasteiger charge is -2.06. The summed E-state index contributed by atoms with van der Waals surface area (Å²) in [6.45, 7) is 1.06. The minimum atomic E-state index is 0.505. The maximum atomic E-state index is 5.50. The maximum Gasteiger partial charge on any atom is 0.221 e. The fourth-order valence-corrected chi connectivity index (χ4v) is 1.33. The summed E-state index contributed by atoms with van der Waals surface area (Å²) in [4.78, 5) is 8.22. The summed E-state index contributed by atoms with van der Waals surface area (Å²) in [5.41, 5.74) is 0. The van der Waals surface area contributed by atoms with Crippen molar-refractivity contribution < 1.29 is 9.47 Å². The third-order valence-corrected chi connectivity index (χ3v) is 2.05. The summed E-state index contributed by atoms with van der Waals surface area (Å²) in [6.07, 6.45) is 5.24. The predicted octanol–water partition coefficient (Wildman–Crippen LogP) is 1.66. The number of fused-ring (bicyclic) bond motifs is 1. The molecule has 0 radical (unpaired) electrons. The van der Waals surface area contributed by atoms with Crippen LogP contribution < -0.4 is 4.74 Å². The fourth-order valence-electron chi connectivity index (χ4n) is 1.33. The molecule has 15 heavy (non-hydrogen) atoms. The molecule has 0 amide bonds. The summed E-state index contributed by atoms with van der Waals surface area (Å²) in [6, 6.07) is 3.80. The van der Waals surface area contributed by atoms with Gasteiger partial charge in [0.05, 0.1) is 6.61 Å². The Morgan fingerprint density at radius 1 is 1.20 bits per heavy atom. The van der Waals surface area contributed by atoms with Gasteiger partial charge in [-0.1, -0.05) is 0 Å². The minimum absolute atomic E-state index is 0.505. The standard InChI is InChI=1S/C11H12N2O2/c1-14-6-7-15-11-10-3-4-12-8-9(10)2-5-13-11/h2-5,8H,6-7H2,1H3. The third-order valence-electron chi connectivity index (χ3n) is 2.05. The first-order valence-corrected chi connectivity index (χ1v) is 4.72. The van der Waals surface area contributed by atoms with Crippen molar-refractivity contribution in [3.63, 3.8) is 0 Å².